The zero-order valence-electron chi connectivity index (χ0n) is 19.7. The van der Waals surface area contributed by atoms with E-state index in [2.05, 4.69) is 61.6 Å². The number of carbonyl (C=O) groups excluding carboxylic acids is 1. The normalized spacial score (nSPS) is 18.2. The summed E-state index contributed by atoms with van der Waals surface area (Å²) in [7, 11) is 0. The molecule has 5 heterocycles. The number of aromatic nitrogens is 4. The summed E-state index contributed by atoms with van der Waals surface area (Å²) in [4.78, 5) is 23.1. The van der Waals surface area contributed by atoms with E-state index in [4.69, 9.17) is 0 Å². The van der Waals surface area contributed by atoms with Gasteiger partial charge in [0.05, 0.1) is 11.9 Å². The van der Waals surface area contributed by atoms with Gasteiger partial charge in [0.15, 0.2) is 5.65 Å². The number of fused-ring (bicyclic) bond motifs is 2. The van der Waals surface area contributed by atoms with Crippen molar-refractivity contribution in [2.24, 2.45) is 5.92 Å². The first-order valence-electron chi connectivity index (χ1n) is 12.7. The molecule has 0 spiro atoms. The zero-order chi connectivity index (χ0) is 23.1. The molecule has 176 valence electrons. The quantitative estimate of drug-likeness (QED) is 0.425. The van der Waals surface area contributed by atoms with E-state index in [1.165, 1.54) is 22.0 Å². The largest absolute Gasteiger partial charge is 0.354 e. The molecule has 3 aromatic heterocycles. The highest BCUT2D eigenvalue weighted by molar-refractivity contribution is 5.98. The van der Waals surface area contributed by atoms with Crippen molar-refractivity contribution >= 4 is 27.8 Å². The molecular formula is C27H32N6O. The van der Waals surface area contributed by atoms with Crippen molar-refractivity contribution in [3.8, 4) is 11.3 Å². The molecule has 6 rings (SSSR count). The molecular weight excluding hydrogens is 424 g/mol. The van der Waals surface area contributed by atoms with Crippen molar-refractivity contribution < 1.29 is 4.79 Å². The molecule has 7 heteroatoms. The van der Waals surface area contributed by atoms with E-state index in [0.717, 1.165) is 80.6 Å². The van der Waals surface area contributed by atoms with E-state index in [-0.39, 0.29) is 5.92 Å². The van der Waals surface area contributed by atoms with Gasteiger partial charge in [-0.05, 0) is 80.4 Å². The van der Waals surface area contributed by atoms with Crippen molar-refractivity contribution in [2.45, 2.75) is 44.9 Å². The lowest BCUT2D eigenvalue weighted by atomic mass is 9.87. The number of carbonyl (C=O) groups is 1. The number of likely N-dealkylation sites (tertiary alicyclic amines) is 1. The topological polar surface area (TPSA) is 89.7 Å². The molecule has 2 fully saturated rings. The predicted octanol–water partition coefficient (Wildman–Crippen LogP) is 4.37. The van der Waals surface area contributed by atoms with Crippen LogP contribution in [0.3, 0.4) is 0 Å². The van der Waals surface area contributed by atoms with Gasteiger partial charge in [-0.15, -0.1) is 0 Å². The summed E-state index contributed by atoms with van der Waals surface area (Å²) < 4.78 is 0. The second-order valence-electron chi connectivity index (χ2n) is 9.75. The lowest BCUT2D eigenvalue weighted by Gasteiger charge is -2.35. The summed E-state index contributed by atoms with van der Waals surface area (Å²) >= 11 is 0. The molecule has 0 saturated carbocycles. The fourth-order valence-corrected chi connectivity index (χ4v) is 5.95. The fourth-order valence-electron chi connectivity index (χ4n) is 5.95. The Labute approximate surface area is 199 Å². The zero-order valence-corrected chi connectivity index (χ0v) is 19.7. The highest BCUT2D eigenvalue weighted by Gasteiger charge is 2.29. The summed E-state index contributed by atoms with van der Waals surface area (Å²) in [5.74, 6) is 1.10. The Bertz CT molecular complexity index is 1320. The van der Waals surface area contributed by atoms with Gasteiger partial charge in [-0.25, -0.2) is 4.98 Å². The Morgan fingerprint density at radius 2 is 1.91 bits per heavy atom. The molecule has 0 unspecified atom stereocenters. The number of nitrogens with zero attached hydrogens (tertiary/aromatic N) is 3. The maximum Gasteiger partial charge on any atom is 0.225 e. The van der Waals surface area contributed by atoms with E-state index in [1.807, 2.05) is 12.4 Å². The molecule has 2 aliphatic heterocycles. The summed E-state index contributed by atoms with van der Waals surface area (Å²) in [6.07, 6.45) is 8.69. The van der Waals surface area contributed by atoms with Crippen LogP contribution in [-0.4, -0.2) is 57.2 Å². The third-order valence-corrected chi connectivity index (χ3v) is 7.87. The third kappa shape index (κ3) is 3.68. The molecule has 7 nitrogen and oxygen atoms in total. The number of amides is 1. The van der Waals surface area contributed by atoms with E-state index < -0.39 is 0 Å². The van der Waals surface area contributed by atoms with Gasteiger partial charge < -0.3 is 15.2 Å². The second-order valence-corrected chi connectivity index (χ2v) is 9.75. The first kappa shape index (κ1) is 21.4. The highest BCUT2D eigenvalue weighted by atomic mass is 16.2. The summed E-state index contributed by atoms with van der Waals surface area (Å²) in [6, 6.07) is 8.96. The molecule has 0 aliphatic carbocycles. The van der Waals surface area contributed by atoms with E-state index in [0.29, 0.717) is 11.8 Å². The molecule has 1 amide bonds. The molecule has 0 radical (unpaired) electrons. The average molecular weight is 457 g/mol. The monoisotopic (exact) mass is 456 g/mol. The molecule has 2 aliphatic rings. The van der Waals surface area contributed by atoms with E-state index >= 15 is 0 Å². The Hall–Kier alpha value is -3.19. The van der Waals surface area contributed by atoms with Gasteiger partial charge in [0, 0.05) is 47.1 Å². The Balaban J connectivity index is 1.25. The first-order chi connectivity index (χ1) is 16.7. The van der Waals surface area contributed by atoms with Crippen LogP contribution in [0.15, 0.2) is 36.7 Å². The maximum atomic E-state index is 12.9. The standard InChI is InChI=1S/C27H32N6O/c1-2-20-22-15-19(17-8-13-33(14-9-17)27(34)18-5-10-28-11-6-18)3-4-24(22)31-25(20)21-7-12-29-26-23(21)16-30-32-26/h3-4,7,12,15-18,28,31H,2,5-6,8-11,13-14H2,1H3,(H,29,30,32). The van der Waals surface area contributed by atoms with Crippen LogP contribution in [-0.2, 0) is 11.2 Å². The predicted molar refractivity (Wildman–Crippen MR) is 135 cm³/mol. The van der Waals surface area contributed by atoms with Gasteiger partial charge in [-0.1, -0.05) is 13.0 Å². The number of benzene rings is 1. The number of nitrogens with one attached hydrogen (secondary N) is 3. The summed E-state index contributed by atoms with van der Waals surface area (Å²) in [6.45, 7) is 5.91. The minimum atomic E-state index is 0.217. The third-order valence-electron chi connectivity index (χ3n) is 7.87. The molecule has 34 heavy (non-hydrogen) atoms. The number of rotatable bonds is 4. The molecule has 1 aromatic carbocycles. The SMILES string of the molecule is CCc1c(-c2ccnc3[nH]ncc23)[nH]c2ccc(C3CCN(C(=O)C4CCNCC4)CC3)cc12. The van der Waals surface area contributed by atoms with Crippen LogP contribution in [0.25, 0.3) is 33.2 Å². The minimum Gasteiger partial charge on any atom is -0.354 e. The second kappa shape index (κ2) is 8.87. The van der Waals surface area contributed by atoms with Crippen LogP contribution in [0.4, 0.5) is 0 Å². The number of aryl methyl sites for hydroxylation is 1. The lowest BCUT2D eigenvalue weighted by Crippen LogP contribution is -2.44. The number of pyridine rings is 1. The fraction of sp³-hybridized carbons (Fsp3) is 0.444. The minimum absolute atomic E-state index is 0.217. The van der Waals surface area contributed by atoms with Crippen molar-refractivity contribution in [3.63, 3.8) is 0 Å². The van der Waals surface area contributed by atoms with Crippen molar-refractivity contribution in [1.29, 1.82) is 0 Å². The molecule has 4 aromatic rings. The molecule has 0 atom stereocenters. The van der Waals surface area contributed by atoms with Gasteiger partial charge in [0.2, 0.25) is 5.91 Å². The van der Waals surface area contributed by atoms with Crippen LogP contribution >= 0.6 is 0 Å². The smallest absolute Gasteiger partial charge is 0.225 e. The molecule has 3 N–H and O–H groups in total. The van der Waals surface area contributed by atoms with Crippen LogP contribution in [0.5, 0.6) is 0 Å². The van der Waals surface area contributed by atoms with Crippen molar-refractivity contribution in [3.05, 3.63) is 47.8 Å². The van der Waals surface area contributed by atoms with E-state index in [1.54, 1.807) is 0 Å². The molecule has 0 bridgehead atoms. The molecule has 2 saturated heterocycles. The van der Waals surface area contributed by atoms with Gasteiger partial charge in [-0.3, -0.25) is 9.89 Å². The Kier molecular flexibility index (Phi) is 5.57. The van der Waals surface area contributed by atoms with Crippen LogP contribution in [0.1, 0.15) is 49.7 Å². The number of hydrogen-bond donors (Lipinski definition) is 3. The van der Waals surface area contributed by atoms with Gasteiger partial charge >= 0.3 is 0 Å². The van der Waals surface area contributed by atoms with E-state index in [9.17, 15) is 4.79 Å². The van der Waals surface area contributed by atoms with Gasteiger partial charge in [-0.2, -0.15) is 5.10 Å². The van der Waals surface area contributed by atoms with Crippen LogP contribution < -0.4 is 5.32 Å². The first-order valence-corrected chi connectivity index (χ1v) is 12.7. The van der Waals surface area contributed by atoms with Crippen LogP contribution in [0, 0.1) is 5.92 Å². The number of H-pyrrole nitrogens is 2. The summed E-state index contributed by atoms with van der Waals surface area (Å²) in [5, 5.41) is 12.9. The highest BCUT2D eigenvalue weighted by Crippen LogP contribution is 2.37. The van der Waals surface area contributed by atoms with Crippen molar-refractivity contribution in [1.82, 2.24) is 30.4 Å². The number of hydrogen-bond acceptors (Lipinski definition) is 4. The Morgan fingerprint density at radius 1 is 1.09 bits per heavy atom. The average Bonchev–Trinajstić information content (AvgIpc) is 3.53. The Morgan fingerprint density at radius 3 is 2.71 bits per heavy atom. The van der Waals surface area contributed by atoms with Gasteiger partial charge in [0.25, 0.3) is 0 Å². The van der Waals surface area contributed by atoms with Gasteiger partial charge in [0.1, 0.15) is 0 Å². The maximum absolute atomic E-state index is 12.9. The number of piperidine rings is 2. The number of aromatic amines is 2. The summed E-state index contributed by atoms with van der Waals surface area (Å²) in [5.41, 5.74) is 7.00. The van der Waals surface area contributed by atoms with Crippen molar-refractivity contribution in [2.75, 3.05) is 26.2 Å². The van der Waals surface area contributed by atoms with Crippen LogP contribution in [0.2, 0.25) is 0 Å². The lowest BCUT2D eigenvalue weighted by molar-refractivity contribution is -0.137.